The summed E-state index contributed by atoms with van der Waals surface area (Å²) in [4.78, 5) is 22.1. The van der Waals surface area contributed by atoms with Gasteiger partial charge in [0.2, 0.25) is 5.91 Å². The number of carboxylic acids is 1. The lowest BCUT2D eigenvalue weighted by molar-refractivity contribution is -0.141. The molecule has 2 N–H and O–H groups in total. The average Bonchev–Trinajstić information content (AvgIpc) is 2.42. The molecule has 6 heteroatoms. The summed E-state index contributed by atoms with van der Waals surface area (Å²) in [6, 6.07) is 4.52. The Morgan fingerprint density at radius 3 is 2.70 bits per heavy atom. The Morgan fingerprint density at radius 1 is 1.45 bits per heavy atom. The topological polar surface area (TPSA) is 75.6 Å². The van der Waals surface area contributed by atoms with Gasteiger partial charge in [-0.3, -0.25) is 9.59 Å². The highest BCUT2D eigenvalue weighted by Crippen LogP contribution is 2.18. The summed E-state index contributed by atoms with van der Waals surface area (Å²) >= 11 is 0. The predicted molar refractivity (Wildman–Crippen MR) is 71.1 cm³/mol. The molecule has 0 aliphatic carbocycles. The number of aliphatic carboxylic acids is 1. The molecule has 0 aromatic heterocycles. The van der Waals surface area contributed by atoms with Crippen LogP contribution in [0.25, 0.3) is 0 Å². The van der Waals surface area contributed by atoms with Crippen molar-refractivity contribution in [1.82, 2.24) is 5.32 Å². The van der Waals surface area contributed by atoms with Crippen LogP contribution in [-0.2, 0) is 16.0 Å². The Bertz CT molecular complexity index is 490. The number of rotatable bonds is 7. The first-order chi connectivity index (χ1) is 9.43. The minimum Gasteiger partial charge on any atom is -0.494 e. The fraction of sp³-hybridized carbons (Fsp3) is 0.429. The van der Waals surface area contributed by atoms with Gasteiger partial charge in [-0.2, -0.15) is 0 Å². The second kappa shape index (κ2) is 7.47. The summed E-state index contributed by atoms with van der Waals surface area (Å²) in [6.07, 6.45) is 0.562. The number of benzene rings is 1. The van der Waals surface area contributed by atoms with Crippen LogP contribution in [0.2, 0.25) is 0 Å². The van der Waals surface area contributed by atoms with Crippen LogP contribution in [0.3, 0.4) is 0 Å². The first-order valence-corrected chi connectivity index (χ1v) is 6.26. The Kier molecular flexibility index (Phi) is 5.96. The van der Waals surface area contributed by atoms with Gasteiger partial charge in [0.1, 0.15) is 0 Å². The molecule has 5 nitrogen and oxygen atoms in total. The molecule has 1 aromatic rings. The monoisotopic (exact) mass is 283 g/mol. The van der Waals surface area contributed by atoms with Crippen LogP contribution in [0, 0.1) is 11.7 Å². The number of hydrogen-bond acceptors (Lipinski definition) is 3. The van der Waals surface area contributed by atoms with Crippen molar-refractivity contribution in [2.24, 2.45) is 5.92 Å². The van der Waals surface area contributed by atoms with E-state index in [-0.39, 0.29) is 24.6 Å². The lowest BCUT2D eigenvalue weighted by atomic mass is 10.1. The molecule has 1 rings (SSSR count). The summed E-state index contributed by atoms with van der Waals surface area (Å²) < 4.78 is 18.2. The molecule has 0 fully saturated rings. The Hall–Kier alpha value is -2.11. The van der Waals surface area contributed by atoms with Crippen LogP contribution in [0.15, 0.2) is 18.2 Å². The molecule has 110 valence electrons. The molecule has 0 radical (unpaired) electrons. The molecule has 0 aliphatic rings. The molecular formula is C14H18FNO4. The van der Waals surface area contributed by atoms with E-state index in [2.05, 4.69) is 5.32 Å². The summed E-state index contributed by atoms with van der Waals surface area (Å²) in [5, 5.41) is 11.2. The van der Waals surface area contributed by atoms with Crippen LogP contribution >= 0.6 is 0 Å². The van der Waals surface area contributed by atoms with E-state index in [9.17, 15) is 14.0 Å². The van der Waals surface area contributed by atoms with Crippen molar-refractivity contribution >= 4 is 11.9 Å². The number of hydrogen-bond donors (Lipinski definition) is 2. The van der Waals surface area contributed by atoms with Crippen LogP contribution in [-0.4, -0.2) is 30.6 Å². The fourth-order valence-electron chi connectivity index (χ4n) is 1.57. The zero-order valence-electron chi connectivity index (χ0n) is 11.5. The van der Waals surface area contributed by atoms with Gasteiger partial charge in [-0.1, -0.05) is 13.0 Å². The van der Waals surface area contributed by atoms with Crippen molar-refractivity contribution in [1.29, 1.82) is 0 Å². The van der Waals surface area contributed by atoms with Gasteiger partial charge in [0, 0.05) is 13.0 Å². The smallest absolute Gasteiger partial charge is 0.308 e. The Labute approximate surface area is 116 Å². The minimum atomic E-state index is -0.956. The van der Waals surface area contributed by atoms with E-state index < -0.39 is 17.7 Å². The third-order valence-corrected chi connectivity index (χ3v) is 2.88. The molecule has 0 spiro atoms. The third-order valence-electron chi connectivity index (χ3n) is 2.88. The maximum absolute atomic E-state index is 13.4. The van der Waals surface area contributed by atoms with Gasteiger partial charge in [0.25, 0.3) is 0 Å². The van der Waals surface area contributed by atoms with Gasteiger partial charge in [-0.25, -0.2) is 4.39 Å². The van der Waals surface area contributed by atoms with Crippen molar-refractivity contribution in [2.75, 3.05) is 13.7 Å². The standard InChI is InChI=1S/C14H18FNO4/c1-9(14(18)19)8-16-13(17)6-4-10-3-5-12(20-2)11(15)7-10/h3,5,7,9H,4,6,8H2,1-2H3,(H,16,17)(H,18,19). The van der Waals surface area contributed by atoms with Crippen LogP contribution in [0.5, 0.6) is 5.75 Å². The molecule has 1 atom stereocenters. The molecule has 20 heavy (non-hydrogen) atoms. The molecule has 0 aliphatic heterocycles. The number of methoxy groups -OCH3 is 1. The summed E-state index contributed by atoms with van der Waals surface area (Å²) in [7, 11) is 1.38. The maximum atomic E-state index is 13.4. The quantitative estimate of drug-likeness (QED) is 0.797. The predicted octanol–water partition coefficient (Wildman–Crippen LogP) is 1.60. The van der Waals surface area contributed by atoms with E-state index in [1.165, 1.54) is 26.2 Å². The van der Waals surface area contributed by atoms with Crippen LogP contribution in [0.4, 0.5) is 4.39 Å². The van der Waals surface area contributed by atoms with Gasteiger partial charge in [-0.05, 0) is 24.1 Å². The zero-order valence-corrected chi connectivity index (χ0v) is 11.5. The lowest BCUT2D eigenvalue weighted by Crippen LogP contribution is -2.31. The van der Waals surface area contributed by atoms with Gasteiger partial charge < -0.3 is 15.2 Å². The number of carboxylic acid groups (broad SMARTS) is 1. The zero-order chi connectivity index (χ0) is 15.1. The summed E-state index contributed by atoms with van der Waals surface area (Å²) in [5.74, 6) is -2.15. The first-order valence-electron chi connectivity index (χ1n) is 6.26. The highest BCUT2D eigenvalue weighted by Gasteiger charge is 2.12. The molecule has 0 heterocycles. The molecular weight excluding hydrogens is 265 g/mol. The first kappa shape index (κ1) is 15.9. The number of ether oxygens (including phenoxy) is 1. The van der Waals surface area contributed by atoms with Gasteiger partial charge in [0.15, 0.2) is 11.6 Å². The van der Waals surface area contributed by atoms with E-state index in [0.29, 0.717) is 12.0 Å². The van der Waals surface area contributed by atoms with Crippen LogP contribution in [0.1, 0.15) is 18.9 Å². The van der Waals surface area contributed by atoms with E-state index in [1.807, 2.05) is 0 Å². The largest absolute Gasteiger partial charge is 0.494 e. The maximum Gasteiger partial charge on any atom is 0.308 e. The molecule has 1 amide bonds. The lowest BCUT2D eigenvalue weighted by Gasteiger charge is -2.09. The van der Waals surface area contributed by atoms with Crippen molar-refractivity contribution in [3.05, 3.63) is 29.6 Å². The van der Waals surface area contributed by atoms with Crippen molar-refractivity contribution in [3.63, 3.8) is 0 Å². The number of carbonyl (C=O) groups excluding carboxylic acids is 1. The highest BCUT2D eigenvalue weighted by atomic mass is 19.1. The molecule has 1 aromatic carbocycles. The van der Waals surface area contributed by atoms with Crippen molar-refractivity contribution in [2.45, 2.75) is 19.8 Å². The summed E-state index contributed by atoms with van der Waals surface area (Å²) in [5.41, 5.74) is 0.685. The molecule has 0 saturated carbocycles. The molecule has 0 bridgehead atoms. The van der Waals surface area contributed by atoms with Gasteiger partial charge in [-0.15, -0.1) is 0 Å². The SMILES string of the molecule is COc1ccc(CCC(=O)NCC(C)C(=O)O)cc1F. The highest BCUT2D eigenvalue weighted by molar-refractivity contribution is 5.77. The van der Waals surface area contributed by atoms with E-state index in [1.54, 1.807) is 6.07 Å². The summed E-state index contributed by atoms with van der Waals surface area (Å²) in [6.45, 7) is 1.60. The second-order valence-electron chi connectivity index (χ2n) is 4.51. The van der Waals surface area contributed by atoms with E-state index >= 15 is 0 Å². The van der Waals surface area contributed by atoms with E-state index in [4.69, 9.17) is 9.84 Å². The number of aryl methyl sites for hydroxylation is 1. The number of nitrogens with one attached hydrogen (secondary N) is 1. The third kappa shape index (κ3) is 4.87. The number of halogens is 1. The van der Waals surface area contributed by atoms with Crippen molar-refractivity contribution in [3.8, 4) is 5.75 Å². The normalized spacial score (nSPS) is 11.8. The minimum absolute atomic E-state index is 0.0884. The van der Waals surface area contributed by atoms with E-state index in [0.717, 1.165) is 0 Å². The second-order valence-corrected chi connectivity index (χ2v) is 4.51. The molecule has 0 saturated heterocycles. The Morgan fingerprint density at radius 2 is 2.15 bits per heavy atom. The fourth-order valence-corrected chi connectivity index (χ4v) is 1.57. The van der Waals surface area contributed by atoms with Crippen LogP contribution < -0.4 is 10.1 Å². The number of amides is 1. The Balaban J connectivity index is 2.41. The van der Waals surface area contributed by atoms with Crippen molar-refractivity contribution < 1.29 is 23.8 Å². The van der Waals surface area contributed by atoms with Gasteiger partial charge >= 0.3 is 5.97 Å². The molecule has 1 unspecified atom stereocenters. The average molecular weight is 283 g/mol. The number of carbonyl (C=O) groups is 2. The van der Waals surface area contributed by atoms with Gasteiger partial charge in [0.05, 0.1) is 13.0 Å².